The zero-order valence-electron chi connectivity index (χ0n) is 30.5. The molecule has 0 radical (unpaired) electrons. The minimum atomic E-state index is -3.90. The molecule has 3 aromatic carbocycles. The van der Waals surface area contributed by atoms with Crippen molar-refractivity contribution in [3.05, 3.63) is 114 Å². The standard InChI is InChI=1S/C32H38N4O4S/c1-35-20-22-36(23-21-35)32(38)34-30(25-27-13-7-3-8-14-27)31(37)33-28(18-17-26-11-5-2-6-12-26)19-24-41(39,40)29-15-9-4-10-16-29/h2-16,19,24,28,30H,17-18,20-23,25H2,1H3,(H,33,37)(H,34,38)/b24-19+/t28-,30-/m0/s1/i20D2,21D2,22D2,23D2. The Hall–Kier alpha value is -3.95. The number of sulfone groups is 1. The Labute approximate surface area is 254 Å². The van der Waals surface area contributed by atoms with Crippen molar-refractivity contribution in [1.29, 1.82) is 0 Å². The van der Waals surface area contributed by atoms with Crippen LogP contribution in [0.2, 0.25) is 0 Å². The van der Waals surface area contributed by atoms with Gasteiger partial charge in [-0.1, -0.05) is 84.9 Å². The Balaban J connectivity index is 1.67. The van der Waals surface area contributed by atoms with Gasteiger partial charge < -0.3 is 20.4 Å². The molecule has 4 rings (SSSR count). The number of carbonyl (C=O) groups is 2. The van der Waals surface area contributed by atoms with Crippen LogP contribution < -0.4 is 10.6 Å². The lowest BCUT2D eigenvalue weighted by Crippen LogP contribution is -2.56. The molecule has 2 atom stereocenters. The van der Waals surface area contributed by atoms with E-state index in [9.17, 15) is 18.0 Å². The van der Waals surface area contributed by atoms with E-state index in [-0.39, 0.29) is 27.5 Å². The van der Waals surface area contributed by atoms with Gasteiger partial charge in [-0.15, -0.1) is 0 Å². The van der Waals surface area contributed by atoms with Crippen LogP contribution in [-0.4, -0.2) is 75.3 Å². The molecular formula is C32H38N4O4S. The average Bonchev–Trinajstić information content (AvgIpc) is 3.05. The maximum absolute atomic E-state index is 13.9. The third kappa shape index (κ3) is 9.30. The van der Waals surface area contributed by atoms with Crippen molar-refractivity contribution in [3.8, 4) is 0 Å². The fourth-order valence-electron chi connectivity index (χ4n) is 4.03. The van der Waals surface area contributed by atoms with Gasteiger partial charge in [0.25, 0.3) is 0 Å². The van der Waals surface area contributed by atoms with Crippen LogP contribution in [0.4, 0.5) is 4.79 Å². The fourth-order valence-corrected chi connectivity index (χ4v) is 5.12. The molecular weight excluding hydrogens is 536 g/mol. The van der Waals surface area contributed by atoms with Gasteiger partial charge in [0, 0.05) is 49.3 Å². The van der Waals surface area contributed by atoms with E-state index >= 15 is 0 Å². The van der Waals surface area contributed by atoms with Crippen LogP contribution in [0.25, 0.3) is 0 Å². The van der Waals surface area contributed by atoms with Gasteiger partial charge >= 0.3 is 6.03 Å². The second-order valence-electron chi connectivity index (χ2n) is 9.36. The van der Waals surface area contributed by atoms with E-state index in [1.807, 2.05) is 30.3 Å². The molecule has 3 aromatic rings. The average molecular weight is 583 g/mol. The second kappa shape index (κ2) is 14.6. The summed E-state index contributed by atoms with van der Waals surface area (Å²) in [6.45, 7) is -13.2. The summed E-state index contributed by atoms with van der Waals surface area (Å²) in [5, 5.41) is 6.06. The van der Waals surface area contributed by atoms with E-state index in [1.54, 1.807) is 48.5 Å². The molecule has 0 aromatic heterocycles. The van der Waals surface area contributed by atoms with Gasteiger partial charge in [-0.05, 0) is 43.1 Å². The summed E-state index contributed by atoms with van der Waals surface area (Å²) in [5.41, 5.74) is 1.47. The van der Waals surface area contributed by atoms with Gasteiger partial charge in [-0.3, -0.25) is 4.79 Å². The number of nitrogens with zero attached hydrogens (tertiary/aromatic N) is 2. The first-order valence-electron chi connectivity index (χ1n) is 17.0. The number of urea groups is 1. The van der Waals surface area contributed by atoms with E-state index in [1.165, 1.54) is 18.2 Å². The Morgan fingerprint density at radius 3 is 2.02 bits per heavy atom. The third-order valence-electron chi connectivity index (χ3n) is 6.24. The number of piperazine rings is 1. The molecule has 41 heavy (non-hydrogen) atoms. The molecule has 1 fully saturated rings. The predicted molar refractivity (Wildman–Crippen MR) is 161 cm³/mol. The molecule has 8 nitrogen and oxygen atoms in total. The van der Waals surface area contributed by atoms with Crippen molar-refractivity contribution in [2.45, 2.75) is 36.2 Å². The highest BCUT2D eigenvalue weighted by atomic mass is 32.2. The minimum absolute atomic E-state index is 0.0454. The van der Waals surface area contributed by atoms with E-state index < -0.39 is 59.8 Å². The Morgan fingerprint density at radius 2 is 1.41 bits per heavy atom. The van der Waals surface area contributed by atoms with E-state index in [0.29, 0.717) is 12.0 Å². The van der Waals surface area contributed by atoms with Crippen molar-refractivity contribution in [1.82, 2.24) is 20.4 Å². The van der Waals surface area contributed by atoms with E-state index in [0.717, 1.165) is 18.0 Å². The van der Waals surface area contributed by atoms with Crippen molar-refractivity contribution < 1.29 is 29.0 Å². The van der Waals surface area contributed by atoms with Crippen LogP contribution in [0.15, 0.2) is 107 Å². The van der Waals surface area contributed by atoms with Crippen LogP contribution in [0.1, 0.15) is 28.5 Å². The molecule has 2 N–H and O–H groups in total. The fraction of sp³-hybridized carbons (Fsp3) is 0.312. The zero-order valence-corrected chi connectivity index (χ0v) is 23.3. The van der Waals surface area contributed by atoms with Gasteiger partial charge in [0.2, 0.25) is 5.91 Å². The molecule has 0 unspecified atom stereocenters. The number of carbonyl (C=O) groups excluding carboxylic acids is 2. The first kappa shape index (κ1) is 20.9. The van der Waals surface area contributed by atoms with Crippen molar-refractivity contribution >= 4 is 21.8 Å². The number of amides is 3. The highest BCUT2D eigenvalue weighted by Gasteiger charge is 2.27. The van der Waals surface area contributed by atoms with Gasteiger partial charge in [-0.2, -0.15) is 0 Å². The molecule has 1 aliphatic rings. The monoisotopic (exact) mass is 582 g/mol. The van der Waals surface area contributed by atoms with Gasteiger partial charge in [0.1, 0.15) is 6.04 Å². The van der Waals surface area contributed by atoms with Gasteiger partial charge in [0.15, 0.2) is 9.84 Å². The SMILES string of the molecule is [2H]C1([2H])N(C)C([2H])([2H])C([2H])([2H])N(C(=O)N[C@@H](Cc2ccccc2)C(=O)N[C@H](/C=C/S(=O)(=O)c2ccccc2)CCc2ccccc2)C1([2H])[2H]. The number of nitrogens with one attached hydrogen (secondary N) is 2. The zero-order chi connectivity index (χ0) is 36.3. The van der Waals surface area contributed by atoms with Crippen LogP contribution in [0, 0.1) is 0 Å². The molecule has 0 spiro atoms. The lowest BCUT2D eigenvalue weighted by molar-refractivity contribution is -0.123. The highest BCUT2D eigenvalue weighted by molar-refractivity contribution is 7.94. The summed E-state index contributed by atoms with van der Waals surface area (Å²) in [6.07, 6.45) is 1.83. The number of hydrogen-bond donors (Lipinski definition) is 2. The van der Waals surface area contributed by atoms with Gasteiger partial charge in [0.05, 0.1) is 10.4 Å². The van der Waals surface area contributed by atoms with Crippen molar-refractivity contribution in [2.24, 2.45) is 0 Å². The predicted octanol–water partition coefficient (Wildman–Crippen LogP) is 3.66. The Kier molecular flexibility index (Phi) is 7.43. The molecule has 0 aliphatic carbocycles. The van der Waals surface area contributed by atoms with Crippen molar-refractivity contribution in [2.75, 3.05) is 33.0 Å². The smallest absolute Gasteiger partial charge is 0.318 e. The first-order chi connectivity index (χ1) is 22.8. The molecule has 216 valence electrons. The molecule has 1 saturated heterocycles. The van der Waals surface area contributed by atoms with Crippen LogP contribution in [0.3, 0.4) is 0 Å². The quantitative estimate of drug-likeness (QED) is 0.360. The van der Waals surface area contributed by atoms with Crippen LogP contribution in [-0.2, 0) is 27.5 Å². The lowest BCUT2D eigenvalue weighted by atomic mass is 10.0. The molecule has 0 bridgehead atoms. The van der Waals surface area contributed by atoms with E-state index in [2.05, 4.69) is 10.6 Å². The molecule has 0 saturated carbocycles. The Morgan fingerprint density at radius 1 is 0.854 bits per heavy atom. The van der Waals surface area contributed by atoms with E-state index in [4.69, 9.17) is 11.0 Å². The summed E-state index contributed by atoms with van der Waals surface area (Å²) in [4.78, 5) is 27.8. The highest BCUT2D eigenvalue weighted by Crippen LogP contribution is 2.14. The molecule has 3 amide bonds. The van der Waals surface area contributed by atoms with Crippen LogP contribution in [0.5, 0.6) is 0 Å². The number of rotatable bonds is 11. The number of aryl methyl sites for hydroxylation is 1. The molecule has 9 heteroatoms. The first-order valence-corrected chi connectivity index (χ1v) is 14.6. The summed E-state index contributed by atoms with van der Waals surface area (Å²) in [7, 11) is -3.02. The van der Waals surface area contributed by atoms with Crippen LogP contribution >= 0.6 is 0 Å². The van der Waals surface area contributed by atoms with Gasteiger partial charge in [-0.25, -0.2) is 13.2 Å². The summed E-state index contributed by atoms with van der Waals surface area (Å²) in [6, 6.07) is 21.4. The molecule has 1 aliphatic heterocycles. The number of hydrogen-bond acceptors (Lipinski definition) is 5. The minimum Gasteiger partial charge on any atom is -0.348 e. The van der Waals surface area contributed by atoms with Crippen molar-refractivity contribution in [3.63, 3.8) is 0 Å². The maximum atomic E-state index is 13.9. The third-order valence-corrected chi connectivity index (χ3v) is 7.68. The normalized spacial score (nSPS) is 23.6. The largest absolute Gasteiger partial charge is 0.348 e. The summed E-state index contributed by atoms with van der Waals surface area (Å²) >= 11 is 0. The molecule has 1 heterocycles. The number of likely N-dealkylation sites (N-methyl/N-ethyl adjacent to an activating group) is 1. The number of benzene rings is 3. The Bertz CT molecular complexity index is 1720. The second-order valence-corrected chi connectivity index (χ2v) is 11.2. The maximum Gasteiger partial charge on any atom is 0.318 e. The summed E-state index contributed by atoms with van der Waals surface area (Å²) in [5.74, 6) is -0.821. The lowest BCUT2D eigenvalue weighted by Gasteiger charge is -2.33. The summed E-state index contributed by atoms with van der Waals surface area (Å²) < 4.78 is 92.8. The topological polar surface area (TPSA) is 98.8 Å².